The van der Waals surface area contributed by atoms with Gasteiger partial charge in [-0.1, -0.05) is 12.1 Å². The van der Waals surface area contributed by atoms with E-state index in [9.17, 15) is 4.79 Å². The minimum atomic E-state index is 0.150. The van der Waals surface area contributed by atoms with Crippen LogP contribution in [0.4, 0.5) is 0 Å². The SMILES string of the molecule is COc1ccc([C@@H]2C[C@H]2C(=O)N2CCC[C@@H]2Cn2cccn2)cc1. The molecule has 5 nitrogen and oxygen atoms in total. The van der Waals surface area contributed by atoms with E-state index in [1.165, 1.54) is 5.56 Å². The molecule has 1 amide bonds. The van der Waals surface area contributed by atoms with Crippen LogP contribution in [0, 0.1) is 5.92 Å². The molecular formula is C19H23N3O2. The van der Waals surface area contributed by atoms with Crippen LogP contribution in [0.25, 0.3) is 0 Å². The summed E-state index contributed by atoms with van der Waals surface area (Å²) in [4.78, 5) is 15.0. The minimum Gasteiger partial charge on any atom is -0.497 e. The molecule has 1 aromatic carbocycles. The number of aromatic nitrogens is 2. The number of rotatable bonds is 5. The first-order chi connectivity index (χ1) is 11.8. The van der Waals surface area contributed by atoms with Gasteiger partial charge in [-0.25, -0.2) is 0 Å². The number of methoxy groups -OCH3 is 1. The van der Waals surface area contributed by atoms with E-state index in [4.69, 9.17) is 4.74 Å². The smallest absolute Gasteiger partial charge is 0.226 e. The van der Waals surface area contributed by atoms with Crippen LogP contribution in [0.5, 0.6) is 5.75 Å². The molecule has 1 saturated carbocycles. The van der Waals surface area contributed by atoms with Gasteiger partial charge in [0.2, 0.25) is 5.91 Å². The van der Waals surface area contributed by atoms with Crippen molar-refractivity contribution in [3.05, 3.63) is 48.3 Å². The lowest BCUT2D eigenvalue weighted by Crippen LogP contribution is -2.39. The molecular weight excluding hydrogens is 302 g/mol. The van der Waals surface area contributed by atoms with Crippen molar-refractivity contribution in [3.63, 3.8) is 0 Å². The van der Waals surface area contributed by atoms with Gasteiger partial charge in [-0.15, -0.1) is 0 Å². The van der Waals surface area contributed by atoms with Crippen molar-refractivity contribution in [1.29, 1.82) is 0 Å². The van der Waals surface area contributed by atoms with Gasteiger partial charge < -0.3 is 9.64 Å². The van der Waals surface area contributed by atoms with E-state index in [-0.39, 0.29) is 12.0 Å². The third-order valence-corrected chi connectivity index (χ3v) is 5.27. The van der Waals surface area contributed by atoms with Gasteiger partial charge in [0.15, 0.2) is 0 Å². The zero-order valence-electron chi connectivity index (χ0n) is 14.0. The maximum absolute atomic E-state index is 12.9. The molecule has 2 heterocycles. The van der Waals surface area contributed by atoms with Crippen LogP contribution in [0.1, 0.15) is 30.7 Å². The standard InChI is InChI=1S/C19H23N3O2/c1-24-16-7-5-14(6-8-16)17-12-18(17)19(23)22-11-2-4-15(22)13-21-10-3-9-20-21/h3,5-10,15,17-18H,2,4,11-13H2,1H3/t15-,17+,18-/m1/s1. The highest BCUT2D eigenvalue weighted by Crippen LogP contribution is 2.49. The van der Waals surface area contributed by atoms with Crippen molar-refractivity contribution in [3.8, 4) is 5.75 Å². The van der Waals surface area contributed by atoms with Crippen molar-refractivity contribution in [2.24, 2.45) is 5.92 Å². The van der Waals surface area contributed by atoms with E-state index in [0.717, 1.165) is 38.1 Å². The van der Waals surface area contributed by atoms with E-state index in [1.807, 2.05) is 29.1 Å². The summed E-state index contributed by atoms with van der Waals surface area (Å²) in [5, 5.41) is 4.28. The summed E-state index contributed by atoms with van der Waals surface area (Å²) in [6, 6.07) is 10.3. The number of nitrogens with zero attached hydrogens (tertiary/aromatic N) is 3. The Morgan fingerprint density at radius 1 is 1.33 bits per heavy atom. The molecule has 5 heteroatoms. The molecule has 0 N–H and O–H groups in total. The van der Waals surface area contributed by atoms with E-state index in [0.29, 0.717) is 11.8 Å². The Labute approximate surface area is 142 Å². The molecule has 2 aromatic rings. The van der Waals surface area contributed by atoms with E-state index in [2.05, 4.69) is 22.1 Å². The molecule has 0 unspecified atom stereocenters. The average molecular weight is 325 g/mol. The number of likely N-dealkylation sites (tertiary alicyclic amines) is 1. The first kappa shape index (κ1) is 15.2. The third-order valence-electron chi connectivity index (χ3n) is 5.27. The number of ether oxygens (including phenoxy) is 1. The number of carbonyl (C=O) groups excluding carboxylic acids is 1. The second kappa shape index (κ2) is 6.30. The van der Waals surface area contributed by atoms with Crippen molar-refractivity contribution < 1.29 is 9.53 Å². The highest BCUT2D eigenvalue weighted by Gasteiger charge is 2.47. The van der Waals surface area contributed by atoms with Crippen LogP contribution < -0.4 is 4.74 Å². The van der Waals surface area contributed by atoms with Gasteiger partial charge in [0.25, 0.3) is 0 Å². The molecule has 126 valence electrons. The lowest BCUT2D eigenvalue weighted by atomic mass is 10.1. The fraction of sp³-hybridized carbons (Fsp3) is 0.474. The predicted molar refractivity (Wildman–Crippen MR) is 90.8 cm³/mol. The quantitative estimate of drug-likeness (QED) is 0.849. The Balaban J connectivity index is 1.40. The first-order valence-electron chi connectivity index (χ1n) is 8.68. The molecule has 1 aromatic heterocycles. The highest BCUT2D eigenvalue weighted by atomic mass is 16.5. The largest absolute Gasteiger partial charge is 0.497 e. The molecule has 24 heavy (non-hydrogen) atoms. The van der Waals surface area contributed by atoms with E-state index in [1.54, 1.807) is 13.3 Å². The normalized spacial score (nSPS) is 25.7. The Kier molecular flexibility index (Phi) is 4.00. The summed E-state index contributed by atoms with van der Waals surface area (Å²) in [5.41, 5.74) is 1.25. The molecule has 2 aliphatic rings. The van der Waals surface area contributed by atoms with Crippen LogP contribution >= 0.6 is 0 Å². The number of benzene rings is 1. The van der Waals surface area contributed by atoms with Gasteiger partial charge in [0, 0.05) is 24.9 Å². The molecule has 1 aliphatic heterocycles. The predicted octanol–water partition coefficient (Wildman–Crippen LogP) is 2.69. The van der Waals surface area contributed by atoms with E-state index >= 15 is 0 Å². The first-order valence-corrected chi connectivity index (χ1v) is 8.68. The van der Waals surface area contributed by atoms with Gasteiger partial charge in [-0.2, -0.15) is 5.10 Å². The molecule has 0 bridgehead atoms. The van der Waals surface area contributed by atoms with Gasteiger partial charge in [0.1, 0.15) is 5.75 Å². The summed E-state index contributed by atoms with van der Waals surface area (Å²) in [6.07, 6.45) is 6.90. The molecule has 2 fully saturated rings. The minimum absolute atomic E-state index is 0.150. The molecule has 1 aliphatic carbocycles. The lowest BCUT2D eigenvalue weighted by molar-refractivity contribution is -0.133. The summed E-state index contributed by atoms with van der Waals surface area (Å²) < 4.78 is 7.14. The highest BCUT2D eigenvalue weighted by molar-refractivity contribution is 5.83. The molecule has 4 rings (SSSR count). The van der Waals surface area contributed by atoms with Gasteiger partial charge in [-0.05, 0) is 48.9 Å². The van der Waals surface area contributed by atoms with Crippen LogP contribution in [0.15, 0.2) is 42.7 Å². The Morgan fingerprint density at radius 2 is 2.17 bits per heavy atom. The number of hydrogen-bond acceptors (Lipinski definition) is 3. The second-order valence-corrected chi connectivity index (χ2v) is 6.78. The van der Waals surface area contributed by atoms with Crippen molar-refractivity contribution >= 4 is 5.91 Å². The second-order valence-electron chi connectivity index (χ2n) is 6.78. The Morgan fingerprint density at radius 3 is 2.88 bits per heavy atom. The zero-order valence-corrected chi connectivity index (χ0v) is 14.0. The molecule has 0 radical (unpaired) electrons. The van der Waals surface area contributed by atoms with E-state index < -0.39 is 0 Å². The van der Waals surface area contributed by atoms with Gasteiger partial charge >= 0.3 is 0 Å². The summed E-state index contributed by atoms with van der Waals surface area (Å²) >= 11 is 0. The fourth-order valence-corrected chi connectivity index (χ4v) is 3.84. The third kappa shape index (κ3) is 2.90. The van der Waals surface area contributed by atoms with Gasteiger partial charge in [0.05, 0.1) is 19.7 Å². The maximum Gasteiger partial charge on any atom is 0.226 e. The number of carbonyl (C=O) groups is 1. The zero-order chi connectivity index (χ0) is 16.5. The van der Waals surface area contributed by atoms with Gasteiger partial charge in [-0.3, -0.25) is 9.48 Å². The fourth-order valence-electron chi connectivity index (χ4n) is 3.84. The van der Waals surface area contributed by atoms with Crippen LogP contribution in [-0.2, 0) is 11.3 Å². The molecule has 0 spiro atoms. The Hall–Kier alpha value is -2.30. The van der Waals surface area contributed by atoms with Crippen LogP contribution in [0.2, 0.25) is 0 Å². The average Bonchev–Trinajstić information content (AvgIpc) is 3.01. The van der Waals surface area contributed by atoms with Crippen LogP contribution in [-0.4, -0.2) is 40.3 Å². The lowest BCUT2D eigenvalue weighted by Gasteiger charge is -2.25. The van der Waals surface area contributed by atoms with Crippen LogP contribution in [0.3, 0.4) is 0 Å². The topological polar surface area (TPSA) is 47.4 Å². The number of amides is 1. The number of hydrogen-bond donors (Lipinski definition) is 0. The Bertz CT molecular complexity index is 696. The summed E-state index contributed by atoms with van der Waals surface area (Å²) in [6.45, 7) is 1.69. The monoisotopic (exact) mass is 325 g/mol. The van der Waals surface area contributed by atoms with Crippen molar-refractivity contribution in [2.75, 3.05) is 13.7 Å². The molecule has 3 atom stereocenters. The van der Waals surface area contributed by atoms with Crippen molar-refractivity contribution in [2.45, 2.75) is 37.8 Å². The molecule has 1 saturated heterocycles. The van der Waals surface area contributed by atoms with Crippen molar-refractivity contribution in [1.82, 2.24) is 14.7 Å². The summed E-state index contributed by atoms with van der Waals surface area (Å²) in [5.74, 6) is 1.71. The maximum atomic E-state index is 12.9. The summed E-state index contributed by atoms with van der Waals surface area (Å²) in [7, 11) is 1.67.